The molecule has 1 aromatic heterocycles. The molecule has 0 unspecified atom stereocenters. The Morgan fingerprint density at radius 2 is 2.08 bits per heavy atom. The number of rotatable bonds is 4. The van der Waals surface area contributed by atoms with Crippen molar-refractivity contribution in [2.24, 2.45) is 5.41 Å². The van der Waals surface area contributed by atoms with E-state index in [9.17, 15) is 9.59 Å². The van der Waals surface area contributed by atoms with Crippen LogP contribution in [-0.4, -0.2) is 71.1 Å². The van der Waals surface area contributed by atoms with Crippen LogP contribution in [0.3, 0.4) is 0 Å². The molecule has 0 atom stereocenters. The quantitative estimate of drug-likeness (QED) is 0.817. The van der Waals surface area contributed by atoms with E-state index in [1.807, 2.05) is 16.7 Å². The molecule has 8 heteroatoms. The standard InChI is InChI=1S/C16H24N4O3S/c1-12-14(24-18-17-12)15(22)19-7-5-16(6-8-19)4-3-13(21)20(11-16)9-10-23-2/h3-11H2,1-2H3. The monoisotopic (exact) mass is 352 g/mol. The Morgan fingerprint density at radius 3 is 2.71 bits per heavy atom. The fraction of sp³-hybridized carbons (Fsp3) is 0.750. The first-order valence-corrected chi connectivity index (χ1v) is 9.17. The van der Waals surface area contributed by atoms with Crippen LogP contribution in [0.15, 0.2) is 0 Å². The van der Waals surface area contributed by atoms with Gasteiger partial charge in [-0.15, -0.1) is 5.10 Å². The number of hydrogen-bond acceptors (Lipinski definition) is 6. The van der Waals surface area contributed by atoms with Crippen LogP contribution in [0.25, 0.3) is 0 Å². The van der Waals surface area contributed by atoms with Gasteiger partial charge in [-0.2, -0.15) is 0 Å². The summed E-state index contributed by atoms with van der Waals surface area (Å²) in [7, 11) is 1.66. The van der Waals surface area contributed by atoms with E-state index in [1.54, 1.807) is 7.11 Å². The molecule has 0 aliphatic carbocycles. The van der Waals surface area contributed by atoms with Crippen LogP contribution < -0.4 is 0 Å². The van der Waals surface area contributed by atoms with Crippen molar-refractivity contribution in [2.45, 2.75) is 32.6 Å². The molecule has 2 fully saturated rings. The van der Waals surface area contributed by atoms with Gasteiger partial charge in [0.1, 0.15) is 4.88 Å². The average Bonchev–Trinajstić information content (AvgIpc) is 3.02. The van der Waals surface area contributed by atoms with E-state index in [1.165, 1.54) is 11.5 Å². The second-order valence-corrected chi connectivity index (χ2v) is 7.54. The van der Waals surface area contributed by atoms with Gasteiger partial charge < -0.3 is 14.5 Å². The fourth-order valence-electron chi connectivity index (χ4n) is 3.67. The van der Waals surface area contributed by atoms with Gasteiger partial charge in [-0.05, 0) is 43.1 Å². The highest BCUT2D eigenvalue weighted by Gasteiger charge is 2.41. The van der Waals surface area contributed by atoms with Gasteiger partial charge in [0.05, 0.1) is 12.3 Å². The van der Waals surface area contributed by atoms with Crippen molar-refractivity contribution in [1.82, 2.24) is 19.4 Å². The maximum atomic E-state index is 12.6. The first-order valence-electron chi connectivity index (χ1n) is 8.40. The minimum absolute atomic E-state index is 0.0421. The van der Waals surface area contributed by atoms with Crippen molar-refractivity contribution in [1.29, 1.82) is 0 Å². The molecule has 3 heterocycles. The molecule has 3 rings (SSSR count). The van der Waals surface area contributed by atoms with Crippen LogP contribution in [0.5, 0.6) is 0 Å². The van der Waals surface area contributed by atoms with Crippen LogP contribution in [-0.2, 0) is 9.53 Å². The Kier molecular flexibility index (Phi) is 5.15. The van der Waals surface area contributed by atoms with E-state index < -0.39 is 0 Å². The highest BCUT2D eigenvalue weighted by Crippen LogP contribution is 2.40. The predicted molar refractivity (Wildman–Crippen MR) is 89.9 cm³/mol. The maximum Gasteiger partial charge on any atom is 0.267 e. The lowest BCUT2D eigenvalue weighted by Crippen LogP contribution is -2.52. The van der Waals surface area contributed by atoms with Crippen LogP contribution >= 0.6 is 11.5 Å². The van der Waals surface area contributed by atoms with Gasteiger partial charge in [0.2, 0.25) is 5.91 Å². The van der Waals surface area contributed by atoms with Gasteiger partial charge in [-0.3, -0.25) is 9.59 Å². The molecule has 2 saturated heterocycles. The molecular weight excluding hydrogens is 328 g/mol. The summed E-state index contributed by atoms with van der Waals surface area (Å²) in [6, 6.07) is 0. The third-order valence-corrected chi connectivity index (χ3v) is 6.09. The zero-order valence-electron chi connectivity index (χ0n) is 14.3. The third kappa shape index (κ3) is 3.44. The molecule has 2 aliphatic heterocycles. The molecule has 24 heavy (non-hydrogen) atoms. The zero-order valence-corrected chi connectivity index (χ0v) is 15.1. The van der Waals surface area contributed by atoms with Crippen LogP contribution in [0, 0.1) is 12.3 Å². The molecule has 132 valence electrons. The van der Waals surface area contributed by atoms with E-state index in [2.05, 4.69) is 9.59 Å². The first-order chi connectivity index (χ1) is 11.5. The van der Waals surface area contributed by atoms with Gasteiger partial charge in [0, 0.05) is 39.7 Å². The van der Waals surface area contributed by atoms with Gasteiger partial charge in [0.15, 0.2) is 0 Å². The Morgan fingerprint density at radius 1 is 1.33 bits per heavy atom. The average molecular weight is 352 g/mol. The van der Waals surface area contributed by atoms with Crippen molar-refractivity contribution in [3.8, 4) is 0 Å². The highest BCUT2D eigenvalue weighted by molar-refractivity contribution is 7.07. The minimum atomic E-state index is 0.0421. The van der Waals surface area contributed by atoms with E-state index in [0.717, 1.165) is 38.9 Å². The number of ether oxygens (including phenoxy) is 1. The third-order valence-electron chi connectivity index (χ3n) is 5.27. The number of carbonyl (C=O) groups excluding carboxylic acids is 2. The normalized spacial score (nSPS) is 20.7. The summed E-state index contributed by atoms with van der Waals surface area (Å²) in [6.45, 7) is 5.32. The number of aryl methyl sites for hydroxylation is 1. The smallest absolute Gasteiger partial charge is 0.267 e. The van der Waals surface area contributed by atoms with Crippen LogP contribution in [0.1, 0.15) is 41.0 Å². The molecule has 0 radical (unpaired) electrons. The summed E-state index contributed by atoms with van der Waals surface area (Å²) in [5.74, 6) is 0.267. The van der Waals surface area contributed by atoms with Crippen LogP contribution in [0.2, 0.25) is 0 Å². The van der Waals surface area contributed by atoms with Crippen molar-refractivity contribution in [3.63, 3.8) is 0 Å². The van der Waals surface area contributed by atoms with E-state index >= 15 is 0 Å². The van der Waals surface area contributed by atoms with Gasteiger partial charge in [0.25, 0.3) is 5.91 Å². The van der Waals surface area contributed by atoms with E-state index in [4.69, 9.17) is 4.74 Å². The molecule has 2 aliphatic rings. The summed E-state index contributed by atoms with van der Waals surface area (Å²) >= 11 is 1.17. The Bertz CT molecular complexity index is 610. The number of piperidine rings is 2. The van der Waals surface area contributed by atoms with Crippen LogP contribution in [0.4, 0.5) is 0 Å². The van der Waals surface area contributed by atoms with Gasteiger partial charge in [-0.25, -0.2) is 0 Å². The molecule has 0 aromatic carbocycles. The number of carbonyl (C=O) groups is 2. The first kappa shape index (κ1) is 17.3. The molecule has 7 nitrogen and oxygen atoms in total. The van der Waals surface area contributed by atoms with E-state index in [0.29, 0.717) is 30.1 Å². The maximum absolute atomic E-state index is 12.6. The Labute approximate surface area is 146 Å². The SMILES string of the molecule is COCCN1CC2(CCC1=O)CCN(C(=O)c1snnc1C)CC2. The summed E-state index contributed by atoms with van der Waals surface area (Å²) in [4.78, 5) is 29.2. The summed E-state index contributed by atoms with van der Waals surface area (Å²) < 4.78 is 8.97. The lowest BCUT2D eigenvalue weighted by Gasteiger charge is -2.47. The second-order valence-electron chi connectivity index (χ2n) is 6.79. The second kappa shape index (κ2) is 7.14. The summed E-state index contributed by atoms with van der Waals surface area (Å²) in [5.41, 5.74) is 0.860. The lowest BCUT2D eigenvalue weighted by atomic mass is 9.72. The van der Waals surface area contributed by atoms with Crippen molar-refractivity contribution in [2.75, 3.05) is 39.9 Å². The number of likely N-dealkylation sites (tertiary alicyclic amines) is 2. The predicted octanol–water partition coefficient (Wildman–Crippen LogP) is 1.34. The van der Waals surface area contributed by atoms with Crippen molar-refractivity contribution < 1.29 is 14.3 Å². The molecular formula is C16H24N4O3S. The van der Waals surface area contributed by atoms with Crippen molar-refractivity contribution >= 4 is 23.3 Å². The highest BCUT2D eigenvalue weighted by atomic mass is 32.1. The number of methoxy groups -OCH3 is 1. The Balaban J connectivity index is 1.60. The number of amides is 2. The zero-order chi connectivity index (χ0) is 17.2. The molecule has 1 aromatic rings. The largest absolute Gasteiger partial charge is 0.383 e. The Hall–Kier alpha value is -1.54. The summed E-state index contributed by atoms with van der Waals surface area (Å²) in [5, 5.41) is 3.93. The van der Waals surface area contributed by atoms with Gasteiger partial charge >= 0.3 is 0 Å². The molecule has 1 spiro atoms. The van der Waals surface area contributed by atoms with Crippen molar-refractivity contribution in [3.05, 3.63) is 10.6 Å². The molecule has 0 N–H and O–H groups in total. The molecule has 0 bridgehead atoms. The fourth-order valence-corrected chi connectivity index (χ4v) is 4.30. The summed E-state index contributed by atoms with van der Waals surface area (Å²) in [6.07, 6.45) is 3.43. The molecule has 0 saturated carbocycles. The number of aromatic nitrogens is 2. The molecule has 2 amide bonds. The number of nitrogens with zero attached hydrogens (tertiary/aromatic N) is 4. The van der Waals surface area contributed by atoms with E-state index in [-0.39, 0.29) is 17.2 Å². The van der Waals surface area contributed by atoms with Gasteiger partial charge in [-0.1, -0.05) is 4.49 Å². The number of hydrogen-bond donors (Lipinski definition) is 0. The minimum Gasteiger partial charge on any atom is -0.383 e. The lowest BCUT2D eigenvalue weighted by molar-refractivity contribution is -0.139. The topological polar surface area (TPSA) is 75.6 Å².